The first-order valence-corrected chi connectivity index (χ1v) is 6.54. The molecular formula is C14H23N. The van der Waals surface area contributed by atoms with Crippen LogP contribution in [0.3, 0.4) is 0 Å². The molecule has 0 heterocycles. The van der Waals surface area contributed by atoms with Crippen LogP contribution in [-0.4, -0.2) is 12.6 Å². The van der Waals surface area contributed by atoms with Crippen LogP contribution < -0.4 is 5.32 Å². The van der Waals surface area contributed by atoms with E-state index in [4.69, 9.17) is 6.42 Å². The van der Waals surface area contributed by atoms with Crippen LogP contribution in [0.1, 0.15) is 57.8 Å². The maximum Gasteiger partial charge on any atom is 0.0124 e. The largest absolute Gasteiger partial charge is 0.313 e. The molecule has 0 aromatic carbocycles. The van der Waals surface area contributed by atoms with E-state index in [2.05, 4.69) is 11.2 Å². The lowest BCUT2D eigenvalue weighted by molar-refractivity contribution is 0.0233. The second-order valence-corrected chi connectivity index (χ2v) is 5.28. The van der Waals surface area contributed by atoms with Gasteiger partial charge in [0, 0.05) is 12.5 Å². The van der Waals surface area contributed by atoms with Crippen LogP contribution in [0, 0.1) is 17.8 Å². The molecule has 0 aliphatic heterocycles. The monoisotopic (exact) mass is 205 g/mol. The van der Waals surface area contributed by atoms with Gasteiger partial charge < -0.3 is 5.32 Å². The normalized spacial score (nSPS) is 28.3. The fourth-order valence-corrected chi connectivity index (χ4v) is 3.34. The number of hydrogen-bond donors (Lipinski definition) is 1. The van der Waals surface area contributed by atoms with Crippen LogP contribution in [0.15, 0.2) is 0 Å². The van der Waals surface area contributed by atoms with Crippen molar-refractivity contribution < 1.29 is 0 Å². The highest BCUT2D eigenvalue weighted by Gasteiger charge is 2.46. The molecule has 0 radical (unpaired) electrons. The van der Waals surface area contributed by atoms with Gasteiger partial charge in [-0.2, -0.15) is 0 Å². The average molecular weight is 205 g/mol. The third-order valence-corrected chi connectivity index (χ3v) is 4.41. The molecule has 0 saturated heterocycles. The quantitative estimate of drug-likeness (QED) is 0.549. The lowest BCUT2D eigenvalue weighted by Crippen LogP contribution is -2.54. The second kappa shape index (κ2) is 5.03. The maximum atomic E-state index is 5.25. The minimum Gasteiger partial charge on any atom is -0.313 e. The van der Waals surface area contributed by atoms with Gasteiger partial charge in [-0.25, -0.2) is 0 Å². The first-order valence-electron chi connectivity index (χ1n) is 6.54. The second-order valence-electron chi connectivity index (χ2n) is 5.28. The molecule has 2 rings (SSSR count). The molecule has 0 bridgehead atoms. The van der Waals surface area contributed by atoms with Crippen molar-refractivity contribution in [3.8, 4) is 12.3 Å². The first-order chi connectivity index (χ1) is 7.37. The van der Waals surface area contributed by atoms with Crippen LogP contribution in [0.25, 0.3) is 0 Å². The van der Waals surface area contributed by atoms with Crippen molar-refractivity contribution in [1.82, 2.24) is 5.32 Å². The van der Waals surface area contributed by atoms with Gasteiger partial charge in [0.2, 0.25) is 0 Å². The molecule has 2 aliphatic carbocycles. The van der Waals surface area contributed by atoms with Gasteiger partial charge in [0.15, 0.2) is 0 Å². The van der Waals surface area contributed by atoms with Gasteiger partial charge in [-0.05, 0) is 44.1 Å². The van der Waals surface area contributed by atoms with E-state index < -0.39 is 0 Å². The van der Waals surface area contributed by atoms with E-state index in [1.54, 1.807) is 0 Å². The van der Waals surface area contributed by atoms with Gasteiger partial charge >= 0.3 is 0 Å². The molecule has 2 aliphatic rings. The summed E-state index contributed by atoms with van der Waals surface area (Å²) in [7, 11) is 0. The zero-order valence-corrected chi connectivity index (χ0v) is 9.73. The Morgan fingerprint density at radius 3 is 2.60 bits per heavy atom. The standard InChI is InChI=1S/C14H23N/c1-2-3-7-12-15-13-8-11-14(13)9-5-4-6-10-14/h1,13,15H,3-12H2. The molecule has 1 N–H and O–H groups in total. The van der Waals surface area contributed by atoms with Gasteiger partial charge in [0.05, 0.1) is 0 Å². The Labute approximate surface area is 94.0 Å². The molecule has 1 unspecified atom stereocenters. The third kappa shape index (κ3) is 2.37. The summed E-state index contributed by atoms with van der Waals surface area (Å²) in [5.41, 5.74) is 0.703. The summed E-state index contributed by atoms with van der Waals surface area (Å²) in [4.78, 5) is 0. The van der Waals surface area contributed by atoms with E-state index in [1.165, 1.54) is 44.9 Å². The Bertz CT molecular complexity index is 232. The minimum absolute atomic E-state index is 0.703. The first kappa shape index (κ1) is 11.0. The molecule has 1 heteroatoms. The molecule has 0 amide bonds. The van der Waals surface area contributed by atoms with Crippen LogP contribution in [0.4, 0.5) is 0 Å². The molecule has 2 saturated carbocycles. The van der Waals surface area contributed by atoms with E-state index in [0.29, 0.717) is 5.41 Å². The molecule has 1 nitrogen and oxygen atoms in total. The van der Waals surface area contributed by atoms with Gasteiger partial charge in [0.25, 0.3) is 0 Å². The van der Waals surface area contributed by atoms with Crippen molar-refractivity contribution in [1.29, 1.82) is 0 Å². The summed E-state index contributed by atoms with van der Waals surface area (Å²) in [6.45, 7) is 1.12. The Hall–Kier alpha value is -0.480. The van der Waals surface area contributed by atoms with Crippen LogP contribution in [0.2, 0.25) is 0 Å². The Kier molecular flexibility index (Phi) is 3.70. The molecule has 1 atom stereocenters. The van der Waals surface area contributed by atoms with Crippen molar-refractivity contribution in [2.24, 2.45) is 5.41 Å². The maximum absolute atomic E-state index is 5.25. The Morgan fingerprint density at radius 1 is 1.20 bits per heavy atom. The van der Waals surface area contributed by atoms with E-state index in [-0.39, 0.29) is 0 Å². The SMILES string of the molecule is C#CCCCNC1CCC12CCCCC2. The van der Waals surface area contributed by atoms with E-state index >= 15 is 0 Å². The number of terminal acetylenes is 1. The van der Waals surface area contributed by atoms with Gasteiger partial charge in [0.1, 0.15) is 0 Å². The van der Waals surface area contributed by atoms with Crippen molar-refractivity contribution in [3.63, 3.8) is 0 Å². The number of hydrogen-bond acceptors (Lipinski definition) is 1. The highest BCUT2D eigenvalue weighted by atomic mass is 15.0. The number of unbranched alkanes of at least 4 members (excludes halogenated alkanes) is 1. The van der Waals surface area contributed by atoms with Crippen molar-refractivity contribution in [2.45, 2.75) is 63.8 Å². The number of nitrogens with one attached hydrogen (secondary N) is 1. The molecule has 2 fully saturated rings. The van der Waals surface area contributed by atoms with E-state index in [0.717, 1.165) is 25.4 Å². The molecule has 0 aromatic heterocycles. The van der Waals surface area contributed by atoms with Gasteiger partial charge in [-0.3, -0.25) is 0 Å². The fourth-order valence-electron chi connectivity index (χ4n) is 3.34. The molecule has 0 aromatic rings. The summed E-state index contributed by atoms with van der Waals surface area (Å²) in [5, 5.41) is 3.72. The highest BCUT2D eigenvalue weighted by molar-refractivity contribution is 5.01. The summed E-state index contributed by atoms with van der Waals surface area (Å²) in [6.07, 6.45) is 17.5. The summed E-state index contributed by atoms with van der Waals surface area (Å²) in [5.74, 6) is 2.71. The predicted molar refractivity (Wildman–Crippen MR) is 64.6 cm³/mol. The topological polar surface area (TPSA) is 12.0 Å². The Morgan fingerprint density at radius 2 is 2.00 bits per heavy atom. The number of rotatable bonds is 4. The predicted octanol–water partition coefficient (Wildman–Crippen LogP) is 3.10. The highest BCUT2D eigenvalue weighted by Crippen LogP contribution is 2.51. The lowest BCUT2D eigenvalue weighted by atomic mass is 9.57. The lowest BCUT2D eigenvalue weighted by Gasteiger charge is -2.52. The van der Waals surface area contributed by atoms with Gasteiger partial charge in [-0.15, -0.1) is 12.3 Å². The van der Waals surface area contributed by atoms with Crippen LogP contribution in [-0.2, 0) is 0 Å². The van der Waals surface area contributed by atoms with E-state index in [1.807, 2.05) is 0 Å². The molecule has 1 spiro atoms. The molecular weight excluding hydrogens is 182 g/mol. The minimum atomic E-state index is 0.703. The zero-order valence-electron chi connectivity index (χ0n) is 9.73. The smallest absolute Gasteiger partial charge is 0.0124 e. The summed E-state index contributed by atoms with van der Waals surface area (Å²) in [6, 6.07) is 0.815. The van der Waals surface area contributed by atoms with Crippen LogP contribution in [0.5, 0.6) is 0 Å². The van der Waals surface area contributed by atoms with Crippen molar-refractivity contribution >= 4 is 0 Å². The summed E-state index contributed by atoms with van der Waals surface area (Å²) < 4.78 is 0. The van der Waals surface area contributed by atoms with Crippen molar-refractivity contribution in [3.05, 3.63) is 0 Å². The average Bonchev–Trinajstić information content (AvgIpc) is 2.28. The Balaban J connectivity index is 1.71. The van der Waals surface area contributed by atoms with Crippen LogP contribution >= 0.6 is 0 Å². The fraction of sp³-hybridized carbons (Fsp3) is 0.857. The van der Waals surface area contributed by atoms with E-state index in [9.17, 15) is 0 Å². The zero-order chi connectivity index (χ0) is 10.6. The third-order valence-electron chi connectivity index (χ3n) is 4.41. The summed E-state index contributed by atoms with van der Waals surface area (Å²) >= 11 is 0. The molecule has 15 heavy (non-hydrogen) atoms. The van der Waals surface area contributed by atoms with Crippen molar-refractivity contribution in [2.75, 3.05) is 6.54 Å². The van der Waals surface area contributed by atoms with Gasteiger partial charge in [-0.1, -0.05) is 19.3 Å². The molecule has 84 valence electrons.